The minimum absolute atomic E-state index is 0.0178. The molecule has 5 nitrogen and oxygen atoms in total. The number of aryl methyl sites for hydroxylation is 2. The van der Waals surface area contributed by atoms with Crippen molar-refractivity contribution < 1.29 is 0 Å². The van der Waals surface area contributed by atoms with Crippen LogP contribution in [-0.4, -0.2) is 19.7 Å². The molecule has 0 bridgehead atoms. The lowest BCUT2D eigenvalue weighted by atomic mass is 10.2. The Morgan fingerprint density at radius 3 is 2.72 bits per heavy atom. The van der Waals surface area contributed by atoms with Crippen molar-refractivity contribution in [3.05, 3.63) is 40.6 Å². The summed E-state index contributed by atoms with van der Waals surface area (Å²) in [6.45, 7) is 3.72. The standard InChI is InChI=1S/C12H16N4OS/c1-8-4-10(14-9(2)18)6-16(12(8)17)11-5-13-15(3)7-11/h4-7,9,14,18H,1-3H3. The van der Waals surface area contributed by atoms with E-state index in [0.717, 1.165) is 11.4 Å². The third-order valence-corrected chi connectivity index (χ3v) is 2.67. The van der Waals surface area contributed by atoms with Crippen LogP contribution in [0.4, 0.5) is 5.69 Å². The SMILES string of the molecule is Cc1cc(NC(C)S)cn(-c2cnn(C)c2)c1=O. The predicted molar refractivity (Wildman–Crippen MR) is 75.6 cm³/mol. The van der Waals surface area contributed by atoms with Gasteiger partial charge in [-0.25, -0.2) is 0 Å². The number of anilines is 1. The molecule has 0 aliphatic rings. The first-order chi connectivity index (χ1) is 8.47. The van der Waals surface area contributed by atoms with E-state index in [1.807, 2.05) is 20.0 Å². The number of hydrogen-bond acceptors (Lipinski definition) is 4. The minimum Gasteiger partial charge on any atom is -0.373 e. The molecule has 0 aromatic carbocycles. The molecule has 2 aromatic rings. The molecule has 0 aliphatic carbocycles. The third kappa shape index (κ3) is 2.59. The highest BCUT2D eigenvalue weighted by Crippen LogP contribution is 2.12. The summed E-state index contributed by atoms with van der Waals surface area (Å²) >= 11 is 4.28. The molecule has 0 saturated heterocycles. The van der Waals surface area contributed by atoms with E-state index in [1.165, 1.54) is 0 Å². The van der Waals surface area contributed by atoms with Crippen molar-refractivity contribution in [2.45, 2.75) is 19.2 Å². The largest absolute Gasteiger partial charge is 0.373 e. The average Bonchev–Trinajstić information content (AvgIpc) is 2.69. The summed E-state index contributed by atoms with van der Waals surface area (Å²) in [5.41, 5.74) is 2.25. The summed E-state index contributed by atoms with van der Waals surface area (Å²) in [5.74, 6) is 0. The second kappa shape index (κ2) is 4.89. The van der Waals surface area contributed by atoms with Crippen molar-refractivity contribution in [2.75, 3.05) is 5.32 Å². The molecule has 0 saturated carbocycles. The average molecular weight is 264 g/mol. The second-order valence-electron chi connectivity index (χ2n) is 4.28. The van der Waals surface area contributed by atoms with Gasteiger partial charge in [-0.2, -0.15) is 17.7 Å². The zero-order valence-electron chi connectivity index (χ0n) is 10.6. The van der Waals surface area contributed by atoms with Gasteiger partial charge in [-0.3, -0.25) is 14.0 Å². The third-order valence-electron chi connectivity index (χ3n) is 2.54. The Bertz CT molecular complexity index is 615. The Balaban J connectivity index is 2.52. The smallest absolute Gasteiger partial charge is 0.258 e. The van der Waals surface area contributed by atoms with Crippen LogP contribution in [0.5, 0.6) is 0 Å². The van der Waals surface area contributed by atoms with Gasteiger partial charge in [0.25, 0.3) is 5.56 Å². The molecule has 1 N–H and O–H groups in total. The molecule has 1 unspecified atom stereocenters. The van der Waals surface area contributed by atoms with E-state index in [1.54, 1.807) is 34.8 Å². The molecule has 0 aliphatic heterocycles. The molecule has 1 atom stereocenters. The minimum atomic E-state index is -0.0413. The normalized spacial score (nSPS) is 12.4. The van der Waals surface area contributed by atoms with E-state index in [0.29, 0.717) is 5.56 Å². The molecule has 2 rings (SSSR count). The summed E-state index contributed by atoms with van der Waals surface area (Å²) in [6.07, 6.45) is 5.22. The van der Waals surface area contributed by atoms with Crippen molar-refractivity contribution >= 4 is 18.3 Å². The monoisotopic (exact) mass is 264 g/mol. The fourth-order valence-electron chi connectivity index (χ4n) is 1.76. The summed E-state index contributed by atoms with van der Waals surface area (Å²) in [6, 6.07) is 1.82. The van der Waals surface area contributed by atoms with Gasteiger partial charge in [-0.15, -0.1) is 0 Å². The lowest BCUT2D eigenvalue weighted by Crippen LogP contribution is -2.21. The second-order valence-corrected chi connectivity index (χ2v) is 5.05. The summed E-state index contributed by atoms with van der Waals surface area (Å²) < 4.78 is 3.25. The molecule has 2 heterocycles. The summed E-state index contributed by atoms with van der Waals surface area (Å²) in [5, 5.41) is 7.26. The molecule has 96 valence electrons. The van der Waals surface area contributed by atoms with E-state index in [2.05, 4.69) is 23.0 Å². The zero-order valence-corrected chi connectivity index (χ0v) is 11.5. The van der Waals surface area contributed by atoms with E-state index in [4.69, 9.17) is 0 Å². The van der Waals surface area contributed by atoms with Crippen LogP contribution in [-0.2, 0) is 7.05 Å². The Labute approximate surface area is 111 Å². The van der Waals surface area contributed by atoms with Gasteiger partial charge in [0.05, 0.1) is 22.9 Å². The lowest BCUT2D eigenvalue weighted by Gasteiger charge is -2.12. The molecule has 0 amide bonds. The lowest BCUT2D eigenvalue weighted by molar-refractivity contribution is 0.767. The first kappa shape index (κ1) is 12.8. The number of aromatic nitrogens is 3. The van der Waals surface area contributed by atoms with E-state index in [9.17, 15) is 4.79 Å². The van der Waals surface area contributed by atoms with Crippen molar-refractivity contribution in [1.29, 1.82) is 0 Å². The summed E-state index contributed by atoms with van der Waals surface area (Å²) in [4.78, 5) is 12.1. The van der Waals surface area contributed by atoms with Gasteiger partial charge in [0.1, 0.15) is 0 Å². The first-order valence-corrected chi connectivity index (χ1v) is 6.16. The van der Waals surface area contributed by atoms with Gasteiger partial charge in [-0.05, 0) is 19.9 Å². The number of hydrogen-bond donors (Lipinski definition) is 2. The molecule has 0 radical (unpaired) electrons. The van der Waals surface area contributed by atoms with Crippen molar-refractivity contribution in [2.24, 2.45) is 7.05 Å². The van der Waals surface area contributed by atoms with E-state index < -0.39 is 0 Å². The molecular formula is C12H16N4OS. The van der Waals surface area contributed by atoms with Gasteiger partial charge in [0.2, 0.25) is 0 Å². The van der Waals surface area contributed by atoms with Gasteiger partial charge < -0.3 is 5.32 Å². The van der Waals surface area contributed by atoms with E-state index >= 15 is 0 Å². The number of pyridine rings is 1. The van der Waals surface area contributed by atoms with Crippen molar-refractivity contribution in [3.8, 4) is 5.69 Å². The van der Waals surface area contributed by atoms with Crippen molar-refractivity contribution in [3.63, 3.8) is 0 Å². The quantitative estimate of drug-likeness (QED) is 0.653. The number of thiol groups is 1. The Kier molecular flexibility index (Phi) is 3.47. The van der Waals surface area contributed by atoms with Crippen LogP contribution in [0.15, 0.2) is 29.5 Å². The summed E-state index contributed by atoms with van der Waals surface area (Å²) in [7, 11) is 1.82. The maximum atomic E-state index is 12.1. The predicted octanol–water partition coefficient (Wildman–Crippen LogP) is 1.57. The molecule has 6 heteroatoms. The van der Waals surface area contributed by atoms with Gasteiger partial charge in [-0.1, -0.05) is 0 Å². The van der Waals surface area contributed by atoms with Crippen LogP contribution in [0, 0.1) is 6.92 Å². The van der Waals surface area contributed by atoms with Crippen molar-refractivity contribution in [1.82, 2.24) is 14.3 Å². The zero-order chi connectivity index (χ0) is 13.3. The fraction of sp³-hybridized carbons (Fsp3) is 0.333. The van der Waals surface area contributed by atoms with Crippen LogP contribution >= 0.6 is 12.6 Å². The molecule has 0 fully saturated rings. The molecule has 18 heavy (non-hydrogen) atoms. The number of nitrogens with one attached hydrogen (secondary N) is 1. The number of rotatable bonds is 3. The Hall–Kier alpha value is -1.69. The Morgan fingerprint density at radius 1 is 1.44 bits per heavy atom. The van der Waals surface area contributed by atoms with Crippen LogP contribution in [0.2, 0.25) is 0 Å². The van der Waals surface area contributed by atoms with E-state index in [-0.39, 0.29) is 10.9 Å². The highest BCUT2D eigenvalue weighted by molar-refractivity contribution is 7.81. The van der Waals surface area contributed by atoms with Crippen LogP contribution in [0.1, 0.15) is 12.5 Å². The molecule has 0 spiro atoms. The van der Waals surface area contributed by atoms with Crippen LogP contribution in [0.3, 0.4) is 0 Å². The topological polar surface area (TPSA) is 51.9 Å². The fourth-order valence-corrected chi connectivity index (χ4v) is 1.91. The number of nitrogens with zero attached hydrogens (tertiary/aromatic N) is 3. The van der Waals surface area contributed by atoms with Crippen LogP contribution < -0.4 is 10.9 Å². The Morgan fingerprint density at radius 2 is 2.17 bits per heavy atom. The maximum absolute atomic E-state index is 12.1. The highest BCUT2D eigenvalue weighted by atomic mass is 32.1. The first-order valence-electron chi connectivity index (χ1n) is 5.64. The molecular weight excluding hydrogens is 248 g/mol. The van der Waals surface area contributed by atoms with Gasteiger partial charge in [0.15, 0.2) is 0 Å². The van der Waals surface area contributed by atoms with Gasteiger partial charge in [0, 0.05) is 25.0 Å². The maximum Gasteiger partial charge on any atom is 0.258 e. The molecule has 2 aromatic heterocycles. The highest BCUT2D eigenvalue weighted by Gasteiger charge is 2.07. The van der Waals surface area contributed by atoms with Crippen LogP contribution in [0.25, 0.3) is 5.69 Å². The van der Waals surface area contributed by atoms with Gasteiger partial charge >= 0.3 is 0 Å².